The Bertz CT molecular complexity index is 716. The number of hydrogen-bond acceptors (Lipinski definition) is 2. The molecule has 2 aliphatic carbocycles. The zero-order valence-electron chi connectivity index (χ0n) is 13.4. The minimum atomic E-state index is -2.30. The molecule has 2 fully saturated rings. The smallest absolute Gasteiger partial charge is 0.200 e. The molecular formula is C17H17F5O2. The minimum absolute atomic E-state index is 0.389. The second kappa shape index (κ2) is 5.00. The Morgan fingerprint density at radius 3 is 1.83 bits per heavy atom. The summed E-state index contributed by atoms with van der Waals surface area (Å²) in [5, 5.41) is 10.6. The Balaban J connectivity index is 2.13. The molecule has 7 heteroatoms. The maximum absolute atomic E-state index is 13.9. The summed E-state index contributed by atoms with van der Waals surface area (Å²) in [6, 6.07) is 0. The van der Waals surface area contributed by atoms with Crippen LogP contribution >= 0.6 is 0 Å². The van der Waals surface area contributed by atoms with Crippen molar-refractivity contribution in [3.63, 3.8) is 0 Å². The van der Waals surface area contributed by atoms with E-state index in [1.165, 1.54) is 0 Å². The summed E-state index contributed by atoms with van der Waals surface area (Å²) in [6.07, 6.45) is -0.0206. The fraction of sp³-hybridized carbons (Fsp3) is 0.588. The molecule has 0 aliphatic heterocycles. The molecule has 4 unspecified atom stereocenters. The lowest BCUT2D eigenvalue weighted by atomic mass is 9.70. The van der Waals surface area contributed by atoms with E-state index in [4.69, 9.17) is 0 Å². The Morgan fingerprint density at radius 2 is 1.42 bits per heavy atom. The molecule has 0 amide bonds. The average Bonchev–Trinajstić information content (AvgIpc) is 2.83. The molecule has 2 saturated carbocycles. The normalized spacial score (nSPS) is 34.0. The van der Waals surface area contributed by atoms with E-state index in [9.17, 15) is 31.9 Å². The van der Waals surface area contributed by atoms with E-state index < -0.39 is 63.3 Å². The number of benzene rings is 1. The van der Waals surface area contributed by atoms with Gasteiger partial charge < -0.3 is 5.11 Å². The van der Waals surface area contributed by atoms with E-state index in [-0.39, 0.29) is 5.92 Å². The summed E-state index contributed by atoms with van der Waals surface area (Å²) in [5.41, 5.74) is -2.60. The molecule has 2 bridgehead atoms. The predicted octanol–water partition coefficient (Wildman–Crippen LogP) is 4.00. The van der Waals surface area contributed by atoms with Crippen LogP contribution in [0.2, 0.25) is 0 Å². The number of halogens is 5. The second-order valence-corrected chi connectivity index (χ2v) is 7.56. The summed E-state index contributed by atoms with van der Waals surface area (Å²) in [6.45, 7) is 5.48. The highest BCUT2D eigenvalue weighted by atomic mass is 19.2. The van der Waals surface area contributed by atoms with E-state index in [0.29, 0.717) is 12.8 Å². The molecule has 4 atom stereocenters. The van der Waals surface area contributed by atoms with Gasteiger partial charge in [0.25, 0.3) is 0 Å². The molecule has 132 valence electrons. The van der Waals surface area contributed by atoms with Crippen LogP contribution in [0.3, 0.4) is 0 Å². The third kappa shape index (κ3) is 1.82. The largest absolute Gasteiger partial charge is 0.392 e. The maximum Gasteiger partial charge on any atom is 0.200 e. The van der Waals surface area contributed by atoms with Crippen LogP contribution in [0, 0.1) is 51.8 Å². The van der Waals surface area contributed by atoms with Crippen LogP contribution in [-0.4, -0.2) is 17.0 Å². The molecule has 24 heavy (non-hydrogen) atoms. The number of Topliss-reactive ketones (excluding diaryl/α,β-unsaturated/α-hetero) is 1. The second-order valence-electron chi connectivity index (χ2n) is 7.56. The number of hydrogen-bond donors (Lipinski definition) is 1. The van der Waals surface area contributed by atoms with Crippen LogP contribution in [0.25, 0.3) is 0 Å². The summed E-state index contributed by atoms with van der Waals surface area (Å²) < 4.78 is 67.8. The number of aliphatic hydroxyl groups is 1. The van der Waals surface area contributed by atoms with Crippen molar-refractivity contribution in [3.05, 3.63) is 34.6 Å². The van der Waals surface area contributed by atoms with Crippen LogP contribution < -0.4 is 0 Å². The molecular weight excluding hydrogens is 331 g/mol. The van der Waals surface area contributed by atoms with Gasteiger partial charge in [-0.2, -0.15) is 0 Å². The van der Waals surface area contributed by atoms with Crippen molar-refractivity contribution in [1.29, 1.82) is 0 Å². The van der Waals surface area contributed by atoms with Crippen LogP contribution in [0.5, 0.6) is 0 Å². The summed E-state index contributed by atoms with van der Waals surface area (Å²) in [7, 11) is 0. The molecule has 1 N–H and O–H groups in total. The van der Waals surface area contributed by atoms with Crippen LogP contribution in [0.15, 0.2) is 0 Å². The first kappa shape index (κ1) is 17.3. The monoisotopic (exact) mass is 348 g/mol. The number of fused-ring (bicyclic) bond motifs is 2. The van der Waals surface area contributed by atoms with Gasteiger partial charge in [0.2, 0.25) is 5.82 Å². The van der Waals surface area contributed by atoms with Crippen molar-refractivity contribution in [2.75, 3.05) is 0 Å². The van der Waals surface area contributed by atoms with Gasteiger partial charge in [0.1, 0.15) is 0 Å². The number of ketones is 1. The molecule has 2 nitrogen and oxygen atoms in total. The van der Waals surface area contributed by atoms with Gasteiger partial charge >= 0.3 is 0 Å². The first-order chi connectivity index (χ1) is 11.0. The van der Waals surface area contributed by atoms with Gasteiger partial charge in [-0.25, -0.2) is 22.0 Å². The standard InChI is InChI=1S/C17H17F5O2/c1-16(2)6-4-5-17(16,3)15(24)7(6)14(23)8-9(18)11(20)13(22)12(21)10(8)19/h6-7,15,24H,4-5H2,1-3H3. The Labute approximate surface area is 135 Å². The van der Waals surface area contributed by atoms with Crippen molar-refractivity contribution < 1.29 is 31.9 Å². The van der Waals surface area contributed by atoms with Gasteiger partial charge in [-0.1, -0.05) is 20.8 Å². The lowest BCUT2D eigenvalue weighted by Gasteiger charge is -2.37. The molecule has 0 saturated heterocycles. The van der Waals surface area contributed by atoms with Gasteiger partial charge in [0, 0.05) is 0 Å². The van der Waals surface area contributed by atoms with E-state index in [1.54, 1.807) is 6.92 Å². The lowest BCUT2D eigenvalue weighted by molar-refractivity contribution is -0.00636. The summed E-state index contributed by atoms with van der Waals surface area (Å²) in [5.74, 6) is -13.7. The maximum atomic E-state index is 13.9. The zero-order valence-corrected chi connectivity index (χ0v) is 13.4. The highest BCUT2D eigenvalue weighted by molar-refractivity contribution is 5.99. The van der Waals surface area contributed by atoms with E-state index in [1.807, 2.05) is 13.8 Å². The Hall–Kier alpha value is -1.50. The Kier molecular flexibility index (Phi) is 3.61. The van der Waals surface area contributed by atoms with E-state index >= 15 is 0 Å². The molecule has 0 aromatic heterocycles. The van der Waals surface area contributed by atoms with Crippen molar-refractivity contribution in [2.24, 2.45) is 22.7 Å². The molecule has 1 aromatic carbocycles. The Morgan fingerprint density at radius 1 is 0.958 bits per heavy atom. The van der Waals surface area contributed by atoms with Gasteiger partial charge in [-0.3, -0.25) is 4.79 Å². The number of rotatable bonds is 2. The molecule has 0 spiro atoms. The zero-order chi connectivity index (χ0) is 18.2. The summed E-state index contributed by atoms with van der Waals surface area (Å²) >= 11 is 0. The first-order valence-corrected chi connectivity index (χ1v) is 7.70. The van der Waals surface area contributed by atoms with Crippen molar-refractivity contribution >= 4 is 5.78 Å². The van der Waals surface area contributed by atoms with Gasteiger partial charge in [0.05, 0.1) is 17.6 Å². The average molecular weight is 348 g/mol. The topological polar surface area (TPSA) is 37.3 Å². The van der Waals surface area contributed by atoms with Gasteiger partial charge in [-0.05, 0) is 29.6 Å². The van der Waals surface area contributed by atoms with Gasteiger partial charge in [-0.15, -0.1) is 0 Å². The van der Waals surface area contributed by atoms with Crippen LogP contribution in [0.4, 0.5) is 22.0 Å². The van der Waals surface area contributed by atoms with Crippen LogP contribution in [0.1, 0.15) is 44.0 Å². The third-order valence-electron chi connectivity index (χ3n) is 6.56. The molecule has 1 aromatic rings. The highest BCUT2D eigenvalue weighted by Gasteiger charge is 2.67. The van der Waals surface area contributed by atoms with Crippen molar-refractivity contribution in [2.45, 2.75) is 39.7 Å². The molecule has 2 aliphatic rings. The van der Waals surface area contributed by atoms with E-state index in [2.05, 4.69) is 0 Å². The lowest BCUT2D eigenvalue weighted by Crippen LogP contribution is -2.40. The summed E-state index contributed by atoms with van der Waals surface area (Å²) in [4.78, 5) is 12.6. The van der Waals surface area contributed by atoms with Crippen molar-refractivity contribution in [1.82, 2.24) is 0 Å². The number of carbonyl (C=O) groups is 1. The number of carbonyl (C=O) groups excluding carboxylic acids is 1. The van der Waals surface area contributed by atoms with Crippen LogP contribution in [-0.2, 0) is 0 Å². The van der Waals surface area contributed by atoms with E-state index in [0.717, 1.165) is 0 Å². The quantitative estimate of drug-likeness (QED) is 0.380. The van der Waals surface area contributed by atoms with Crippen molar-refractivity contribution in [3.8, 4) is 0 Å². The fourth-order valence-corrected chi connectivity index (χ4v) is 4.65. The molecule has 3 rings (SSSR count). The first-order valence-electron chi connectivity index (χ1n) is 7.70. The third-order valence-corrected chi connectivity index (χ3v) is 6.56. The molecule has 0 heterocycles. The minimum Gasteiger partial charge on any atom is -0.392 e. The fourth-order valence-electron chi connectivity index (χ4n) is 4.65. The molecule has 0 radical (unpaired) electrons. The number of aliphatic hydroxyl groups excluding tert-OH is 1. The highest BCUT2D eigenvalue weighted by Crippen LogP contribution is 2.68. The van der Waals surface area contributed by atoms with Gasteiger partial charge in [0.15, 0.2) is 29.1 Å². The predicted molar refractivity (Wildman–Crippen MR) is 74.7 cm³/mol. The SMILES string of the molecule is CC1(C)C2CCC1(C)C(O)C2C(=O)c1c(F)c(F)c(F)c(F)c1F.